The molecular formula is C22H22N4O2S. The van der Waals surface area contributed by atoms with Gasteiger partial charge in [-0.1, -0.05) is 42.5 Å². The zero-order chi connectivity index (χ0) is 20.0. The first-order valence-corrected chi connectivity index (χ1v) is 11.1. The van der Waals surface area contributed by atoms with Crippen LogP contribution in [0.15, 0.2) is 71.9 Å². The van der Waals surface area contributed by atoms with E-state index < -0.39 is 10.0 Å². The number of hydrogen-bond donors (Lipinski definition) is 0. The van der Waals surface area contributed by atoms with Crippen LogP contribution in [0.2, 0.25) is 0 Å². The number of anilines is 1. The molecule has 0 amide bonds. The Kier molecular flexibility index (Phi) is 4.29. The Morgan fingerprint density at radius 1 is 0.862 bits per heavy atom. The van der Waals surface area contributed by atoms with E-state index in [1.165, 1.54) is 10.3 Å². The van der Waals surface area contributed by atoms with E-state index in [1.54, 1.807) is 12.1 Å². The Hall–Kier alpha value is -2.90. The van der Waals surface area contributed by atoms with Gasteiger partial charge in [-0.3, -0.25) is 0 Å². The number of nitrogens with zero attached hydrogens (tertiary/aromatic N) is 4. The van der Waals surface area contributed by atoms with Crippen molar-refractivity contribution in [3.8, 4) is 0 Å². The molecule has 1 aromatic heterocycles. The topological polar surface area (TPSA) is 58.4 Å². The van der Waals surface area contributed by atoms with Crippen LogP contribution in [0.4, 0.5) is 5.69 Å². The van der Waals surface area contributed by atoms with Gasteiger partial charge in [0.1, 0.15) is 11.8 Å². The Bertz CT molecular complexity index is 1300. The van der Waals surface area contributed by atoms with E-state index in [0.29, 0.717) is 15.8 Å². The quantitative estimate of drug-likeness (QED) is 0.523. The Labute approximate surface area is 170 Å². The molecule has 0 radical (unpaired) electrons. The number of benzene rings is 3. The van der Waals surface area contributed by atoms with Gasteiger partial charge in [0, 0.05) is 31.6 Å². The van der Waals surface area contributed by atoms with Crippen LogP contribution in [0.5, 0.6) is 0 Å². The van der Waals surface area contributed by atoms with Gasteiger partial charge in [-0.15, -0.1) is 0 Å². The van der Waals surface area contributed by atoms with E-state index >= 15 is 0 Å². The number of imidazole rings is 1. The van der Waals surface area contributed by atoms with Gasteiger partial charge in [-0.05, 0) is 30.6 Å². The van der Waals surface area contributed by atoms with Gasteiger partial charge in [0.15, 0.2) is 0 Å². The first-order chi connectivity index (χ1) is 14.1. The second-order valence-electron chi connectivity index (χ2n) is 7.46. The molecule has 5 rings (SSSR count). The molecule has 2 heterocycles. The van der Waals surface area contributed by atoms with E-state index in [-0.39, 0.29) is 0 Å². The molecule has 6 nitrogen and oxygen atoms in total. The number of fused-ring (bicyclic) bond motifs is 2. The highest BCUT2D eigenvalue weighted by atomic mass is 32.2. The molecule has 0 aliphatic carbocycles. The average Bonchev–Trinajstić information content (AvgIpc) is 3.19. The summed E-state index contributed by atoms with van der Waals surface area (Å²) >= 11 is 0. The number of hydrogen-bond acceptors (Lipinski definition) is 5. The van der Waals surface area contributed by atoms with Crippen LogP contribution in [0.3, 0.4) is 0 Å². The second kappa shape index (κ2) is 6.86. The van der Waals surface area contributed by atoms with Gasteiger partial charge in [-0.25, -0.2) is 17.4 Å². The lowest BCUT2D eigenvalue weighted by molar-refractivity contribution is 0.313. The summed E-state index contributed by atoms with van der Waals surface area (Å²) in [6.07, 6.45) is 1.43. The van der Waals surface area contributed by atoms with Crippen molar-refractivity contribution in [2.24, 2.45) is 0 Å². The lowest BCUT2D eigenvalue weighted by Gasteiger charge is -2.34. The van der Waals surface area contributed by atoms with E-state index in [9.17, 15) is 8.42 Å². The third-order valence-corrected chi connectivity index (χ3v) is 7.37. The van der Waals surface area contributed by atoms with Crippen LogP contribution < -0.4 is 4.90 Å². The molecule has 29 heavy (non-hydrogen) atoms. The van der Waals surface area contributed by atoms with Crippen LogP contribution in [0.1, 0.15) is 0 Å². The normalized spacial score (nSPS) is 16.0. The summed E-state index contributed by atoms with van der Waals surface area (Å²) in [7, 11) is -1.66. The molecule has 0 spiro atoms. The predicted molar refractivity (Wildman–Crippen MR) is 116 cm³/mol. The molecule has 1 aliphatic rings. The summed E-state index contributed by atoms with van der Waals surface area (Å²) in [6.45, 7) is 3.76. The fraction of sp³-hybridized carbons (Fsp3) is 0.227. The molecule has 1 fully saturated rings. The van der Waals surface area contributed by atoms with E-state index in [2.05, 4.69) is 21.8 Å². The van der Waals surface area contributed by atoms with E-state index in [4.69, 9.17) is 0 Å². The predicted octanol–water partition coefficient (Wildman–Crippen LogP) is 3.18. The lowest BCUT2D eigenvalue weighted by Crippen LogP contribution is -2.44. The maximum atomic E-state index is 13.6. The third-order valence-electron chi connectivity index (χ3n) is 5.65. The third kappa shape index (κ3) is 2.97. The summed E-state index contributed by atoms with van der Waals surface area (Å²) in [5.41, 5.74) is 2.32. The lowest BCUT2D eigenvalue weighted by atomic mass is 10.1. The van der Waals surface area contributed by atoms with Gasteiger partial charge >= 0.3 is 0 Å². The highest BCUT2D eigenvalue weighted by Gasteiger charge is 2.24. The first-order valence-electron chi connectivity index (χ1n) is 9.68. The smallest absolute Gasteiger partial charge is 0.270 e. The highest BCUT2D eigenvalue weighted by Crippen LogP contribution is 2.31. The van der Waals surface area contributed by atoms with Crippen molar-refractivity contribution >= 4 is 37.5 Å². The molecule has 1 saturated heterocycles. The van der Waals surface area contributed by atoms with Crippen molar-refractivity contribution in [2.75, 3.05) is 38.1 Å². The summed E-state index contributed by atoms with van der Waals surface area (Å²) in [4.78, 5) is 9.38. The molecule has 0 bridgehead atoms. The fourth-order valence-corrected chi connectivity index (χ4v) is 5.53. The van der Waals surface area contributed by atoms with Crippen molar-refractivity contribution in [1.29, 1.82) is 0 Å². The monoisotopic (exact) mass is 406 g/mol. The van der Waals surface area contributed by atoms with Crippen LogP contribution >= 0.6 is 0 Å². The van der Waals surface area contributed by atoms with Gasteiger partial charge in [0.2, 0.25) is 0 Å². The maximum absolute atomic E-state index is 13.6. The molecule has 148 valence electrons. The minimum atomic E-state index is -3.78. The van der Waals surface area contributed by atoms with Gasteiger partial charge < -0.3 is 9.80 Å². The van der Waals surface area contributed by atoms with Gasteiger partial charge in [-0.2, -0.15) is 0 Å². The van der Waals surface area contributed by atoms with E-state index in [1.807, 2.05) is 48.5 Å². The van der Waals surface area contributed by atoms with Crippen LogP contribution in [-0.2, 0) is 10.0 Å². The van der Waals surface area contributed by atoms with Crippen LogP contribution in [-0.4, -0.2) is 55.5 Å². The van der Waals surface area contributed by atoms with Crippen LogP contribution in [0, 0.1) is 0 Å². The molecule has 0 N–H and O–H groups in total. The molecule has 0 unspecified atom stereocenters. The number of likely N-dealkylation sites (N-methyl/N-ethyl adjacent to an activating group) is 1. The van der Waals surface area contributed by atoms with Crippen molar-refractivity contribution < 1.29 is 8.42 Å². The summed E-state index contributed by atoms with van der Waals surface area (Å²) in [6, 6.07) is 18.7. The highest BCUT2D eigenvalue weighted by molar-refractivity contribution is 7.90. The Morgan fingerprint density at radius 3 is 2.41 bits per heavy atom. The minimum Gasteiger partial charge on any atom is -0.367 e. The molecule has 0 saturated carbocycles. The number of aromatic nitrogens is 2. The summed E-state index contributed by atoms with van der Waals surface area (Å²) < 4.78 is 28.4. The molecule has 3 aromatic carbocycles. The Balaban J connectivity index is 1.65. The molecule has 1 aliphatic heterocycles. The Morgan fingerprint density at radius 2 is 1.59 bits per heavy atom. The zero-order valence-corrected chi connectivity index (χ0v) is 17.0. The SMILES string of the molecule is CN1CCN(c2cccc3c2ncn3S(=O)(=O)c2cccc3ccccc23)CC1. The van der Waals surface area contributed by atoms with Gasteiger partial charge in [0.05, 0.1) is 16.1 Å². The number of rotatable bonds is 3. The van der Waals surface area contributed by atoms with E-state index in [0.717, 1.165) is 42.8 Å². The summed E-state index contributed by atoms with van der Waals surface area (Å²) in [5, 5.41) is 1.61. The average molecular weight is 407 g/mol. The molecule has 0 atom stereocenters. The standard InChI is InChI=1S/C22H22N4O2S/c1-24-12-14-25(15-13-24)19-9-5-10-20-22(19)23-16-26(20)29(27,28)21-11-4-7-17-6-2-3-8-18(17)21/h2-11,16H,12-15H2,1H3. The zero-order valence-electron chi connectivity index (χ0n) is 16.2. The van der Waals surface area contributed by atoms with Crippen molar-refractivity contribution in [3.63, 3.8) is 0 Å². The second-order valence-corrected chi connectivity index (χ2v) is 9.24. The molecule has 4 aromatic rings. The maximum Gasteiger partial charge on any atom is 0.270 e. The largest absolute Gasteiger partial charge is 0.367 e. The van der Waals surface area contributed by atoms with Crippen molar-refractivity contribution in [3.05, 3.63) is 67.0 Å². The molecule has 7 heteroatoms. The fourth-order valence-electron chi connectivity index (χ4n) is 4.02. The first kappa shape index (κ1) is 18.1. The summed E-state index contributed by atoms with van der Waals surface area (Å²) in [5.74, 6) is 0. The van der Waals surface area contributed by atoms with Crippen LogP contribution in [0.25, 0.3) is 21.8 Å². The number of para-hydroxylation sites is 1. The van der Waals surface area contributed by atoms with Crippen molar-refractivity contribution in [1.82, 2.24) is 13.9 Å². The molecular weight excluding hydrogens is 384 g/mol. The minimum absolute atomic E-state index is 0.292. The van der Waals surface area contributed by atoms with Crippen molar-refractivity contribution in [2.45, 2.75) is 4.90 Å². The number of piperazine rings is 1. The van der Waals surface area contributed by atoms with Gasteiger partial charge in [0.25, 0.3) is 10.0 Å².